The Morgan fingerprint density at radius 3 is 2.46 bits per heavy atom. The van der Waals surface area contributed by atoms with E-state index in [1.807, 2.05) is 55.5 Å². The van der Waals surface area contributed by atoms with Gasteiger partial charge in [-0.3, -0.25) is 4.79 Å². The average molecular weight is 568 g/mol. The number of nitrogens with zero attached hydrogens (tertiary/aromatic N) is 1. The van der Waals surface area contributed by atoms with Crippen LogP contribution in [0.3, 0.4) is 0 Å². The van der Waals surface area contributed by atoms with Crippen molar-refractivity contribution in [1.82, 2.24) is 10.4 Å². The van der Waals surface area contributed by atoms with Crippen molar-refractivity contribution in [1.29, 1.82) is 0 Å². The van der Waals surface area contributed by atoms with Gasteiger partial charge in [-0.25, -0.2) is 10.2 Å². The Kier molecular flexibility index (Phi) is 8.31. The van der Waals surface area contributed by atoms with E-state index < -0.39 is 11.9 Å². The topological polar surface area (TPSA) is 102 Å². The Hall–Kier alpha value is -5.08. The molecule has 41 heavy (non-hydrogen) atoms. The number of rotatable bonds is 9. The minimum absolute atomic E-state index is 0.241. The second kappa shape index (κ2) is 12.4. The molecule has 206 valence electrons. The summed E-state index contributed by atoms with van der Waals surface area (Å²) in [6, 6.07) is 26.6. The number of aromatic amines is 1. The molecule has 0 saturated carbocycles. The van der Waals surface area contributed by atoms with Gasteiger partial charge in [0.1, 0.15) is 11.4 Å². The van der Waals surface area contributed by atoms with Crippen LogP contribution < -0.4 is 19.6 Å². The molecule has 4 aromatic carbocycles. The molecule has 9 heteroatoms. The molecule has 0 bridgehead atoms. The SMILES string of the molecule is CCOc1ccc2[nH]c(C(=O)NN=Cc3ccc(OC(=O)c4ccc(Cl)cc4)c(OC)c3)c(-c3ccccc3)c2c1. The van der Waals surface area contributed by atoms with E-state index in [9.17, 15) is 9.59 Å². The number of halogens is 1. The maximum atomic E-state index is 13.3. The number of aromatic nitrogens is 1. The first-order valence-electron chi connectivity index (χ1n) is 12.8. The molecule has 5 rings (SSSR count). The minimum atomic E-state index is -0.547. The highest BCUT2D eigenvalue weighted by Gasteiger charge is 2.20. The molecule has 8 nitrogen and oxygen atoms in total. The summed E-state index contributed by atoms with van der Waals surface area (Å²) in [4.78, 5) is 29.0. The largest absolute Gasteiger partial charge is 0.494 e. The number of carbonyl (C=O) groups is 2. The number of nitrogens with one attached hydrogen (secondary N) is 2. The van der Waals surface area contributed by atoms with E-state index in [4.69, 9.17) is 25.8 Å². The maximum absolute atomic E-state index is 13.3. The summed E-state index contributed by atoms with van der Waals surface area (Å²) in [5, 5.41) is 5.53. The first-order valence-corrected chi connectivity index (χ1v) is 13.2. The van der Waals surface area contributed by atoms with Gasteiger partial charge in [0.05, 0.1) is 25.5 Å². The van der Waals surface area contributed by atoms with Gasteiger partial charge in [0.25, 0.3) is 5.91 Å². The third-order valence-corrected chi connectivity index (χ3v) is 6.47. The van der Waals surface area contributed by atoms with Gasteiger partial charge in [-0.2, -0.15) is 5.10 Å². The van der Waals surface area contributed by atoms with Crippen molar-refractivity contribution in [2.24, 2.45) is 5.10 Å². The standard InChI is InChI=1S/C32H26ClN3O5/c1-3-40-24-14-15-26-25(18-24)29(21-7-5-4-6-8-21)30(35-26)31(37)36-34-19-20-9-16-27(28(17-20)39-2)41-32(38)22-10-12-23(33)13-11-22/h4-19,35H,3H2,1-2H3,(H,36,37). The second-order valence-corrected chi connectivity index (χ2v) is 9.32. The summed E-state index contributed by atoms with van der Waals surface area (Å²) in [7, 11) is 1.47. The minimum Gasteiger partial charge on any atom is -0.494 e. The molecular formula is C32H26ClN3O5. The zero-order chi connectivity index (χ0) is 28.8. The Morgan fingerprint density at radius 1 is 0.951 bits per heavy atom. The van der Waals surface area contributed by atoms with Crippen LogP contribution in [0, 0.1) is 0 Å². The van der Waals surface area contributed by atoms with Crippen molar-refractivity contribution >= 4 is 40.6 Å². The third kappa shape index (κ3) is 6.23. The van der Waals surface area contributed by atoms with Crippen molar-refractivity contribution < 1.29 is 23.8 Å². The van der Waals surface area contributed by atoms with Crippen molar-refractivity contribution in [2.45, 2.75) is 6.92 Å². The van der Waals surface area contributed by atoms with Gasteiger partial charge >= 0.3 is 5.97 Å². The third-order valence-electron chi connectivity index (χ3n) is 6.22. The molecule has 0 unspecified atom stereocenters. The number of benzene rings is 4. The molecule has 2 N–H and O–H groups in total. The lowest BCUT2D eigenvalue weighted by Crippen LogP contribution is -2.18. The van der Waals surface area contributed by atoms with Crippen molar-refractivity contribution in [3.8, 4) is 28.4 Å². The van der Waals surface area contributed by atoms with Crippen molar-refractivity contribution in [3.05, 3.63) is 113 Å². The van der Waals surface area contributed by atoms with Gasteiger partial charge in [0.2, 0.25) is 0 Å². The number of H-pyrrole nitrogens is 1. The molecule has 0 spiro atoms. The predicted octanol–water partition coefficient (Wildman–Crippen LogP) is 6.88. The number of amides is 1. The van der Waals surface area contributed by atoms with E-state index in [-0.39, 0.29) is 5.75 Å². The lowest BCUT2D eigenvalue weighted by Gasteiger charge is -2.10. The number of carbonyl (C=O) groups excluding carboxylic acids is 2. The average Bonchev–Trinajstić information content (AvgIpc) is 3.37. The van der Waals surface area contributed by atoms with Gasteiger partial charge < -0.3 is 19.2 Å². The molecule has 1 heterocycles. The lowest BCUT2D eigenvalue weighted by atomic mass is 10.0. The first-order chi connectivity index (χ1) is 20.0. The van der Waals surface area contributed by atoms with Crippen molar-refractivity contribution in [3.63, 3.8) is 0 Å². The molecule has 0 fully saturated rings. The summed E-state index contributed by atoms with van der Waals surface area (Å²) < 4.78 is 16.6. The molecule has 0 saturated heterocycles. The van der Waals surface area contributed by atoms with E-state index in [0.717, 1.165) is 27.8 Å². The molecule has 0 atom stereocenters. The number of esters is 1. The van der Waals surface area contributed by atoms with Crippen LogP contribution in [0.4, 0.5) is 0 Å². The number of hydrogen-bond acceptors (Lipinski definition) is 6. The van der Waals surface area contributed by atoms with Crippen LogP contribution in [0.15, 0.2) is 96.1 Å². The summed E-state index contributed by atoms with van der Waals surface area (Å²) in [5.41, 5.74) is 6.38. The van der Waals surface area contributed by atoms with Crippen LogP contribution in [0.5, 0.6) is 17.2 Å². The molecule has 0 radical (unpaired) electrons. The van der Waals surface area contributed by atoms with E-state index in [0.29, 0.717) is 34.2 Å². The smallest absolute Gasteiger partial charge is 0.343 e. The number of ether oxygens (including phenoxy) is 3. The molecule has 0 aliphatic rings. The highest BCUT2D eigenvalue weighted by molar-refractivity contribution is 6.30. The van der Waals surface area contributed by atoms with Crippen LogP contribution >= 0.6 is 11.6 Å². The maximum Gasteiger partial charge on any atom is 0.343 e. The van der Waals surface area contributed by atoms with Crippen LogP contribution in [0.1, 0.15) is 33.3 Å². The van der Waals surface area contributed by atoms with E-state index in [2.05, 4.69) is 15.5 Å². The molecule has 0 aliphatic carbocycles. The summed E-state index contributed by atoms with van der Waals surface area (Å²) in [6.07, 6.45) is 1.48. The highest BCUT2D eigenvalue weighted by atomic mass is 35.5. The first kappa shape index (κ1) is 27.5. The van der Waals surface area contributed by atoms with E-state index >= 15 is 0 Å². The molecular weight excluding hydrogens is 542 g/mol. The molecule has 1 amide bonds. The van der Waals surface area contributed by atoms with E-state index in [1.54, 1.807) is 42.5 Å². The second-order valence-electron chi connectivity index (χ2n) is 8.89. The number of hydrogen-bond donors (Lipinski definition) is 2. The van der Waals surface area contributed by atoms with Gasteiger partial charge in [0.15, 0.2) is 11.5 Å². The predicted molar refractivity (Wildman–Crippen MR) is 159 cm³/mol. The van der Waals surface area contributed by atoms with Crippen LogP contribution in [0.2, 0.25) is 5.02 Å². The van der Waals surface area contributed by atoms with Crippen LogP contribution in [0.25, 0.3) is 22.0 Å². The highest BCUT2D eigenvalue weighted by Crippen LogP contribution is 2.35. The molecule has 0 aliphatic heterocycles. The Morgan fingerprint density at radius 2 is 1.73 bits per heavy atom. The number of methoxy groups -OCH3 is 1. The monoisotopic (exact) mass is 567 g/mol. The van der Waals surface area contributed by atoms with Gasteiger partial charge in [-0.1, -0.05) is 41.9 Å². The van der Waals surface area contributed by atoms with Gasteiger partial charge in [-0.15, -0.1) is 0 Å². The summed E-state index contributed by atoms with van der Waals surface area (Å²) in [6.45, 7) is 2.46. The summed E-state index contributed by atoms with van der Waals surface area (Å²) >= 11 is 5.89. The molecule has 1 aromatic heterocycles. The summed E-state index contributed by atoms with van der Waals surface area (Å²) in [5.74, 6) is 0.335. The Labute approximate surface area is 241 Å². The van der Waals surface area contributed by atoms with E-state index in [1.165, 1.54) is 13.3 Å². The fraction of sp³-hybridized carbons (Fsp3) is 0.0938. The van der Waals surface area contributed by atoms with Crippen LogP contribution in [-0.4, -0.2) is 36.8 Å². The Bertz CT molecular complexity index is 1730. The zero-order valence-electron chi connectivity index (χ0n) is 22.3. The van der Waals surface area contributed by atoms with Crippen molar-refractivity contribution in [2.75, 3.05) is 13.7 Å². The Balaban J connectivity index is 1.35. The van der Waals surface area contributed by atoms with Crippen LogP contribution in [-0.2, 0) is 0 Å². The fourth-order valence-electron chi connectivity index (χ4n) is 4.32. The van der Waals surface area contributed by atoms with Gasteiger partial charge in [0, 0.05) is 21.5 Å². The normalized spacial score (nSPS) is 11.0. The van der Waals surface area contributed by atoms with Gasteiger partial charge in [-0.05, 0) is 78.7 Å². The quantitative estimate of drug-likeness (QED) is 0.0875. The lowest BCUT2D eigenvalue weighted by molar-refractivity contribution is 0.0729. The fourth-order valence-corrected chi connectivity index (χ4v) is 4.44. The zero-order valence-corrected chi connectivity index (χ0v) is 23.1. The molecule has 5 aromatic rings. The number of fused-ring (bicyclic) bond motifs is 1. The number of hydrazone groups is 1.